The van der Waals surface area contributed by atoms with Crippen LogP contribution in [0.25, 0.3) is 0 Å². The van der Waals surface area contributed by atoms with Crippen LogP contribution in [0.5, 0.6) is 0 Å². The number of amidine groups is 1. The van der Waals surface area contributed by atoms with Crippen molar-refractivity contribution in [3.63, 3.8) is 0 Å². The van der Waals surface area contributed by atoms with Gasteiger partial charge in [0.1, 0.15) is 0 Å². The predicted molar refractivity (Wildman–Crippen MR) is 79.4 cm³/mol. The van der Waals surface area contributed by atoms with Crippen molar-refractivity contribution in [3.05, 3.63) is 40.4 Å². The number of fused-ring (bicyclic) bond motifs is 1. The number of hydrogen-bond donors (Lipinski definition) is 1. The monoisotopic (exact) mass is 293 g/mol. The molecule has 0 saturated carbocycles. The summed E-state index contributed by atoms with van der Waals surface area (Å²) in [6, 6.07) is 7.15. The number of nitrogens with zero attached hydrogens (tertiary/aromatic N) is 2. The lowest BCUT2D eigenvalue weighted by atomic mass is 10.2. The summed E-state index contributed by atoms with van der Waals surface area (Å²) in [6.07, 6.45) is 0.360. The van der Waals surface area contributed by atoms with Crippen molar-refractivity contribution in [1.82, 2.24) is 4.90 Å². The Kier molecular flexibility index (Phi) is 3.48. The Morgan fingerprint density at radius 3 is 3.26 bits per heavy atom. The Morgan fingerprint density at radius 1 is 1.53 bits per heavy atom. The van der Waals surface area contributed by atoms with Crippen LogP contribution in [0, 0.1) is 0 Å². The van der Waals surface area contributed by atoms with Gasteiger partial charge in [-0.1, -0.05) is 29.4 Å². The number of carbonyl (C=O) groups is 1. The highest BCUT2D eigenvalue weighted by molar-refractivity contribution is 8.16. The standard InChI is InChI=1S/C13H12ClN3OS/c14-9-2-1-3-10(6-9)16-12(18)7-11-8-19-13-15-4-5-17(11)13/h1-3,6,8H,4-5,7H2,(H,16,18). The van der Waals surface area contributed by atoms with E-state index < -0.39 is 0 Å². The van der Waals surface area contributed by atoms with Gasteiger partial charge >= 0.3 is 0 Å². The van der Waals surface area contributed by atoms with Gasteiger partial charge < -0.3 is 10.2 Å². The molecule has 1 amide bonds. The van der Waals surface area contributed by atoms with Gasteiger partial charge in [0.15, 0.2) is 5.17 Å². The predicted octanol–water partition coefficient (Wildman–Crippen LogP) is 2.93. The minimum Gasteiger partial charge on any atom is -0.326 e. The molecule has 98 valence electrons. The van der Waals surface area contributed by atoms with Gasteiger partial charge in [-0.25, -0.2) is 0 Å². The summed E-state index contributed by atoms with van der Waals surface area (Å²) >= 11 is 7.47. The summed E-state index contributed by atoms with van der Waals surface area (Å²) in [5, 5.41) is 6.46. The number of carbonyl (C=O) groups excluding carboxylic acids is 1. The molecule has 0 fully saturated rings. The second kappa shape index (κ2) is 5.27. The molecule has 0 radical (unpaired) electrons. The van der Waals surface area contributed by atoms with Crippen LogP contribution in [0.3, 0.4) is 0 Å². The van der Waals surface area contributed by atoms with Crippen molar-refractivity contribution in [2.24, 2.45) is 4.99 Å². The highest BCUT2D eigenvalue weighted by atomic mass is 35.5. The average molecular weight is 294 g/mol. The van der Waals surface area contributed by atoms with E-state index in [1.165, 1.54) is 0 Å². The van der Waals surface area contributed by atoms with Crippen molar-refractivity contribution in [1.29, 1.82) is 0 Å². The first-order valence-corrected chi connectivity index (χ1v) is 7.21. The number of aliphatic imine (C=N–C) groups is 1. The molecule has 4 nitrogen and oxygen atoms in total. The molecule has 0 bridgehead atoms. The molecule has 2 heterocycles. The number of amides is 1. The number of anilines is 1. The zero-order valence-electron chi connectivity index (χ0n) is 10.1. The first kappa shape index (κ1) is 12.6. The van der Waals surface area contributed by atoms with Crippen LogP contribution in [-0.2, 0) is 4.79 Å². The largest absolute Gasteiger partial charge is 0.326 e. The molecule has 6 heteroatoms. The maximum absolute atomic E-state index is 12.0. The zero-order valence-corrected chi connectivity index (χ0v) is 11.7. The highest BCUT2D eigenvalue weighted by Gasteiger charge is 2.27. The molecule has 2 aliphatic rings. The third-order valence-corrected chi connectivity index (χ3v) is 4.08. The van der Waals surface area contributed by atoms with Crippen molar-refractivity contribution in [2.75, 3.05) is 18.4 Å². The molecular weight excluding hydrogens is 282 g/mol. The van der Waals surface area contributed by atoms with Crippen molar-refractivity contribution in [3.8, 4) is 0 Å². The molecule has 3 rings (SSSR count). The van der Waals surface area contributed by atoms with Crippen LogP contribution in [-0.4, -0.2) is 29.1 Å². The maximum atomic E-state index is 12.0. The lowest BCUT2D eigenvalue weighted by Crippen LogP contribution is -2.24. The third kappa shape index (κ3) is 2.77. The molecule has 1 aromatic carbocycles. The third-order valence-electron chi connectivity index (χ3n) is 2.90. The Labute approximate surface area is 120 Å². The van der Waals surface area contributed by atoms with Crippen LogP contribution >= 0.6 is 23.4 Å². The van der Waals surface area contributed by atoms with Gasteiger partial charge in [0.25, 0.3) is 0 Å². The molecule has 0 aliphatic carbocycles. The molecule has 1 N–H and O–H groups in total. The minimum atomic E-state index is -0.0396. The number of rotatable bonds is 3. The van der Waals surface area contributed by atoms with Gasteiger partial charge in [-0.05, 0) is 23.6 Å². The Bertz CT molecular complexity index is 585. The van der Waals surface area contributed by atoms with Gasteiger partial charge in [0, 0.05) is 23.0 Å². The fourth-order valence-electron chi connectivity index (χ4n) is 2.05. The highest BCUT2D eigenvalue weighted by Crippen LogP contribution is 2.31. The summed E-state index contributed by atoms with van der Waals surface area (Å²) in [5.74, 6) is -0.0396. The van der Waals surface area contributed by atoms with Crippen molar-refractivity contribution in [2.45, 2.75) is 6.42 Å². The molecule has 0 unspecified atom stereocenters. The van der Waals surface area contributed by atoms with E-state index in [9.17, 15) is 4.79 Å². The Hall–Kier alpha value is -1.46. The van der Waals surface area contributed by atoms with E-state index in [0.717, 1.165) is 29.6 Å². The Balaban J connectivity index is 1.62. The second-order valence-corrected chi connectivity index (χ2v) is 5.55. The lowest BCUT2D eigenvalue weighted by molar-refractivity contribution is -0.115. The number of halogens is 1. The second-order valence-electron chi connectivity index (χ2n) is 4.28. The van der Waals surface area contributed by atoms with E-state index in [-0.39, 0.29) is 5.91 Å². The lowest BCUT2D eigenvalue weighted by Gasteiger charge is -2.16. The molecule has 1 aromatic rings. The van der Waals surface area contributed by atoms with E-state index in [1.54, 1.807) is 23.9 Å². The van der Waals surface area contributed by atoms with Crippen LogP contribution in [0.1, 0.15) is 6.42 Å². The average Bonchev–Trinajstić information content (AvgIpc) is 2.94. The zero-order chi connectivity index (χ0) is 13.2. The fraction of sp³-hybridized carbons (Fsp3) is 0.231. The quantitative estimate of drug-likeness (QED) is 0.932. The summed E-state index contributed by atoms with van der Waals surface area (Å²) < 4.78 is 0. The van der Waals surface area contributed by atoms with Gasteiger partial charge in [-0.3, -0.25) is 9.79 Å². The van der Waals surface area contributed by atoms with Crippen molar-refractivity contribution < 1.29 is 4.79 Å². The van der Waals surface area contributed by atoms with Gasteiger partial charge in [-0.15, -0.1) is 0 Å². The van der Waals surface area contributed by atoms with E-state index in [2.05, 4.69) is 15.2 Å². The summed E-state index contributed by atoms with van der Waals surface area (Å²) in [6.45, 7) is 1.69. The van der Waals surface area contributed by atoms with E-state index in [4.69, 9.17) is 11.6 Å². The van der Waals surface area contributed by atoms with E-state index >= 15 is 0 Å². The normalized spacial score (nSPS) is 17.0. The summed E-state index contributed by atoms with van der Waals surface area (Å²) in [4.78, 5) is 18.5. The first-order valence-electron chi connectivity index (χ1n) is 5.95. The van der Waals surface area contributed by atoms with Crippen LogP contribution in [0.15, 0.2) is 40.4 Å². The van der Waals surface area contributed by atoms with Gasteiger partial charge in [0.2, 0.25) is 5.91 Å². The van der Waals surface area contributed by atoms with Gasteiger partial charge in [0.05, 0.1) is 13.0 Å². The first-order chi connectivity index (χ1) is 9.22. The molecular formula is C13H12ClN3OS. The molecule has 2 aliphatic heterocycles. The molecule has 0 spiro atoms. The van der Waals surface area contributed by atoms with Crippen molar-refractivity contribution >= 4 is 40.1 Å². The SMILES string of the molecule is O=C(CC1=CSC2=NCCN12)Nc1cccc(Cl)c1. The fourth-order valence-corrected chi connectivity index (χ4v) is 3.20. The van der Waals surface area contributed by atoms with E-state index in [1.807, 2.05) is 17.5 Å². The van der Waals surface area contributed by atoms with E-state index in [0.29, 0.717) is 11.4 Å². The summed E-state index contributed by atoms with van der Waals surface area (Å²) in [7, 11) is 0. The molecule has 0 aromatic heterocycles. The molecule has 0 atom stereocenters. The number of hydrogen-bond acceptors (Lipinski definition) is 4. The minimum absolute atomic E-state index is 0.0396. The number of benzene rings is 1. The summed E-state index contributed by atoms with van der Waals surface area (Å²) in [5.41, 5.74) is 1.74. The smallest absolute Gasteiger partial charge is 0.230 e. The topological polar surface area (TPSA) is 44.7 Å². The van der Waals surface area contributed by atoms with Crippen LogP contribution in [0.2, 0.25) is 5.02 Å². The van der Waals surface area contributed by atoms with Crippen LogP contribution in [0.4, 0.5) is 5.69 Å². The van der Waals surface area contributed by atoms with Gasteiger partial charge in [-0.2, -0.15) is 0 Å². The number of thioether (sulfide) groups is 1. The number of nitrogens with one attached hydrogen (secondary N) is 1. The maximum Gasteiger partial charge on any atom is 0.230 e. The van der Waals surface area contributed by atoms with Crippen LogP contribution < -0.4 is 5.32 Å². The Morgan fingerprint density at radius 2 is 2.42 bits per heavy atom. The molecule has 0 saturated heterocycles. The molecule has 19 heavy (non-hydrogen) atoms.